The molecule has 1 saturated heterocycles. The Morgan fingerprint density at radius 3 is 2.96 bits per heavy atom. The van der Waals surface area contributed by atoms with E-state index in [9.17, 15) is 9.90 Å². The molecular formula is C17H24N4O4. The molecule has 0 aromatic carbocycles. The van der Waals surface area contributed by atoms with Crippen LogP contribution in [0.4, 0.5) is 0 Å². The topological polar surface area (TPSA) is 95.0 Å². The number of furan rings is 1. The van der Waals surface area contributed by atoms with Crippen LogP contribution in [0.2, 0.25) is 0 Å². The van der Waals surface area contributed by atoms with Gasteiger partial charge in [0, 0.05) is 44.5 Å². The lowest BCUT2D eigenvalue weighted by atomic mass is 10.2. The quantitative estimate of drug-likeness (QED) is 0.796. The number of aromatic nitrogens is 2. The molecule has 25 heavy (non-hydrogen) atoms. The van der Waals surface area contributed by atoms with E-state index < -0.39 is 6.10 Å². The van der Waals surface area contributed by atoms with Crippen LogP contribution in [0, 0.1) is 6.92 Å². The first-order valence-corrected chi connectivity index (χ1v) is 8.42. The lowest BCUT2D eigenvalue weighted by Gasteiger charge is -2.21. The zero-order valence-electron chi connectivity index (χ0n) is 14.3. The fourth-order valence-corrected chi connectivity index (χ4v) is 3.12. The van der Waals surface area contributed by atoms with Crippen LogP contribution in [0.5, 0.6) is 0 Å². The van der Waals surface area contributed by atoms with Crippen LogP contribution in [0.15, 0.2) is 29.2 Å². The maximum Gasteiger partial charge on any atom is 0.257 e. The second kappa shape index (κ2) is 7.81. The van der Waals surface area contributed by atoms with Crippen molar-refractivity contribution in [2.24, 2.45) is 0 Å². The number of nitrogens with zero attached hydrogens (tertiary/aromatic N) is 4. The number of aliphatic hydroxyl groups excluding tert-OH is 2. The van der Waals surface area contributed by atoms with Gasteiger partial charge in [-0.25, -0.2) is 0 Å². The molecule has 1 amide bonds. The average Bonchev–Trinajstić information content (AvgIpc) is 3.17. The summed E-state index contributed by atoms with van der Waals surface area (Å²) in [6.07, 6.45) is 4.22. The molecule has 0 radical (unpaired) electrons. The Bertz CT molecular complexity index is 698. The van der Waals surface area contributed by atoms with Crippen molar-refractivity contribution in [3.63, 3.8) is 0 Å². The van der Waals surface area contributed by atoms with Gasteiger partial charge in [0.15, 0.2) is 0 Å². The highest BCUT2D eigenvalue weighted by Crippen LogP contribution is 2.14. The molecule has 1 aliphatic rings. The summed E-state index contributed by atoms with van der Waals surface area (Å²) in [5, 5.41) is 23.7. The summed E-state index contributed by atoms with van der Waals surface area (Å²) in [5.41, 5.74) is 2.48. The fraction of sp³-hybridized carbons (Fsp3) is 0.529. The van der Waals surface area contributed by atoms with Gasteiger partial charge in [-0.2, -0.15) is 5.10 Å². The molecule has 0 bridgehead atoms. The molecule has 1 atom stereocenters. The molecule has 136 valence electrons. The number of aliphatic hydroxyl groups is 2. The standard InChI is InChI=1S/C17H24N4O4/c1-13-15(9-21(18-13)5-6-22)8-19-3-4-20(11-16(23)10-19)17(24)14-2-7-25-12-14/h2,7,9,12,16,22-23H,3-6,8,10-11H2,1H3/t16-/m0/s1. The van der Waals surface area contributed by atoms with Crippen LogP contribution in [0.3, 0.4) is 0 Å². The molecule has 0 spiro atoms. The summed E-state index contributed by atoms with van der Waals surface area (Å²) >= 11 is 0. The van der Waals surface area contributed by atoms with Gasteiger partial charge in [-0.05, 0) is 13.0 Å². The number of hydrogen-bond acceptors (Lipinski definition) is 6. The van der Waals surface area contributed by atoms with E-state index in [2.05, 4.69) is 10.00 Å². The molecule has 8 heteroatoms. The van der Waals surface area contributed by atoms with E-state index in [4.69, 9.17) is 9.52 Å². The van der Waals surface area contributed by atoms with Gasteiger partial charge in [0.1, 0.15) is 6.26 Å². The van der Waals surface area contributed by atoms with Crippen molar-refractivity contribution in [3.8, 4) is 0 Å². The number of β-amino-alcohol motifs (C(OH)–C–C–N with tert-alkyl or cyclic N) is 1. The Morgan fingerprint density at radius 1 is 1.40 bits per heavy atom. The van der Waals surface area contributed by atoms with Gasteiger partial charge in [-0.15, -0.1) is 0 Å². The van der Waals surface area contributed by atoms with E-state index in [-0.39, 0.29) is 12.5 Å². The van der Waals surface area contributed by atoms with Gasteiger partial charge in [0.2, 0.25) is 0 Å². The summed E-state index contributed by atoms with van der Waals surface area (Å²) in [5.74, 6) is -0.124. The SMILES string of the molecule is Cc1nn(CCO)cc1CN1CCN(C(=O)c2ccoc2)C[C@@H](O)C1. The van der Waals surface area contributed by atoms with Gasteiger partial charge >= 0.3 is 0 Å². The highest BCUT2D eigenvalue weighted by Gasteiger charge is 2.26. The molecule has 0 aliphatic carbocycles. The number of carbonyl (C=O) groups excluding carboxylic acids is 1. The molecule has 2 aromatic heterocycles. The van der Waals surface area contributed by atoms with E-state index >= 15 is 0 Å². The fourth-order valence-electron chi connectivity index (χ4n) is 3.12. The second-order valence-electron chi connectivity index (χ2n) is 6.38. The smallest absolute Gasteiger partial charge is 0.257 e. The maximum atomic E-state index is 12.5. The van der Waals surface area contributed by atoms with Gasteiger partial charge in [-0.3, -0.25) is 14.4 Å². The third-order valence-corrected chi connectivity index (χ3v) is 4.41. The van der Waals surface area contributed by atoms with Crippen LogP contribution in [-0.4, -0.2) is 74.6 Å². The van der Waals surface area contributed by atoms with Crippen molar-refractivity contribution in [2.75, 3.05) is 32.8 Å². The van der Waals surface area contributed by atoms with Crippen molar-refractivity contribution in [3.05, 3.63) is 41.6 Å². The van der Waals surface area contributed by atoms with Crippen LogP contribution >= 0.6 is 0 Å². The minimum Gasteiger partial charge on any atom is -0.472 e. The molecular weight excluding hydrogens is 324 g/mol. The van der Waals surface area contributed by atoms with Crippen molar-refractivity contribution in [2.45, 2.75) is 26.1 Å². The van der Waals surface area contributed by atoms with Crippen LogP contribution in [-0.2, 0) is 13.1 Å². The van der Waals surface area contributed by atoms with Crippen LogP contribution in [0.25, 0.3) is 0 Å². The van der Waals surface area contributed by atoms with Crippen molar-refractivity contribution < 1.29 is 19.4 Å². The molecule has 8 nitrogen and oxygen atoms in total. The number of carbonyl (C=O) groups is 1. The highest BCUT2D eigenvalue weighted by atomic mass is 16.3. The molecule has 2 aromatic rings. The van der Waals surface area contributed by atoms with Gasteiger partial charge in [0.05, 0.1) is 36.8 Å². The van der Waals surface area contributed by atoms with E-state index in [1.807, 2.05) is 13.1 Å². The predicted octanol–water partition coefficient (Wildman–Crippen LogP) is 0.0957. The minimum absolute atomic E-state index is 0.0497. The molecule has 1 aliphatic heterocycles. The summed E-state index contributed by atoms with van der Waals surface area (Å²) in [6, 6.07) is 1.64. The molecule has 3 rings (SSSR count). The normalized spacial score (nSPS) is 19.2. The molecule has 0 unspecified atom stereocenters. The lowest BCUT2D eigenvalue weighted by Crippen LogP contribution is -2.37. The summed E-state index contributed by atoms with van der Waals surface area (Å²) in [7, 11) is 0. The van der Waals surface area contributed by atoms with E-state index in [1.165, 1.54) is 12.5 Å². The first-order chi connectivity index (χ1) is 12.1. The third-order valence-electron chi connectivity index (χ3n) is 4.41. The zero-order valence-corrected chi connectivity index (χ0v) is 14.3. The predicted molar refractivity (Wildman–Crippen MR) is 89.9 cm³/mol. The highest BCUT2D eigenvalue weighted by molar-refractivity contribution is 5.93. The lowest BCUT2D eigenvalue weighted by molar-refractivity contribution is 0.0662. The molecule has 0 saturated carbocycles. The third kappa shape index (κ3) is 4.28. The Kier molecular flexibility index (Phi) is 5.52. The first-order valence-electron chi connectivity index (χ1n) is 8.42. The molecule has 3 heterocycles. The number of aryl methyl sites for hydroxylation is 1. The van der Waals surface area contributed by atoms with E-state index in [0.29, 0.717) is 44.8 Å². The number of amides is 1. The number of rotatable bonds is 5. The zero-order chi connectivity index (χ0) is 17.8. The monoisotopic (exact) mass is 348 g/mol. The Hall–Kier alpha value is -2.16. The van der Waals surface area contributed by atoms with Crippen LogP contribution < -0.4 is 0 Å². The summed E-state index contributed by atoms with van der Waals surface area (Å²) < 4.78 is 6.70. The Morgan fingerprint density at radius 2 is 2.24 bits per heavy atom. The van der Waals surface area contributed by atoms with Crippen LogP contribution in [0.1, 0.15) is 21.6 Å². The Balaban J connectivity index is 1.64. The Labute approximate surface area is 146 Å². The van der Waals surface area contributed by atoms with Crippen molar-refractivity contribution in [1.82, 2.24) is 19.6 Å². The average molecular weight is 348 g/mol. The van der Waals surface area contributed by atoms with Crippen molar-refractivity contribution in [1.29, 1.82) is 0 Å². The number of hydrogen-bond donors (Lipinski definition) is 2. The summed E-state index contributed by atoms with van der Waals surface area (Å²) in [4.78, 5) is 16.2. The maximum absolute atomic E-state index is 12.5. The molecule has 2 N–H and O–H groups in total. The van der Waals surface area contributed by atoms with Crippen molar-refractivity contribution >= 4 is 5.91 Å². The molecule has 1 fully saturated rings. The van der Waals surface area contributed by atoms with Gasteiger partial charge in [-0.1, -0.05) is 0 Å². The second-order valence-corrected chi connectivity index (χ2v) is 6.38. The first kappa shape index (κ1) is 17.7. The van der Waals surface area contributed by atoms with Gasteiger partial charge < -0.3 is 19.5 Å². The summed E-state index contributed by atoms with van der Waals surface area (Å²) in [6.45, 7) is 5.14. The minimum atomic E-state index is -0.605. The van der Waals surface area contributed by atoms with E-state index in [0.717, 1.165) is 11.3 Å². The van der Waals surface area contributed by atoms with Gasteiger partial charge in [0.25, 0.3) is 5.91 Å². The largest absolute Gasteiger partial charge is 0.472 e. The van der Waals surface area contributed by atoms with E-state index in [1.54, 1.807) is 15.6 Å².